The molecule has 0 amide bonds. The molecule has 0 atom stereocenters. The minimum Gasteiger partial charge on any atom is -0.493 e. The Hall–Kier alpha value is -2.09. The van der Waals surface area contributed by atoms with Gasteiger partial charge >= 0.3 is 10.3 Å². The Morgan fingerprint density at radius 1 is 1.12 bits per heavy atom. The van der Waals surface area contributed by atoms with Crippen LogP contribution < -0.4 is 14.1 Å². The highest BCUT2D eigenvalue weighted by molar-refractivity contribution is 7.84. The van der Waals surface area contributed by atoms with Crippen LogP contribution in [0.4, 0.5) is 0 Å². The summed E-state index contributed by atoms with van der Waals surface area (Å²) >= 11 is 0. The van der Waals surface area contributed by atoms with Crippen molar-refractivity contribution >= 4 is 10.3 Å². The number of hydrogen-bond donors (Lipinski definition) is 1. The summed E-state index contributed by atoms with van der Waals surface area (Å²) in [4.78, 5) is 2.37. The van der Waals surface area contributed by atoms with Crippen LogP contribution in [-0.2, 0) is 36.2 Å². The van der Waals surface area contributed by atoms with Crippen LogP contribution in [0.5, 0.6) is 11.5 Å². The quantitative estimate of drug-likeness (QED) is 0.837. The lowest BCUT2D eigenvalue weighted by Crippen LogP contribution is -2.30. The molecule has 0 fully saturated rings. The second kappa shape index (κ2) is 7.65. The molecule has 6 nitrogen and oxygen atoms in total. The van der Waals surface area contributed by atoms with Gasteiger partial charge in [-0.3, -0.25) is 4.90 Å². The lowest BCUT2D eigenvalue weighted by molar-refractivity contribution is 0.244. The number of nitrogens with zero attached hydrogens (tertiary/aromatic N) is 1. The van der Waals surface area contributed by atoms with Gasteiger partial charge in [-0.1, -0.05) is 31.2 Å². The van der Waals surface area contributed by atoms with Crippen molar-refractivity contribution in [2.45, 2.75) is 32.9 Å². The largest absolute Gasteiger partial charge is 0.493 e. The maximum atomic E-state index is 11.2. The van der Waals surface area contributed by atoms with Gasteiger partial charge in [-0.15, -0.1) is 0 Å². The zero-order chi connectivity index (χ0) is 18.7. The smallest absolute Gasteiger partial charge is 0.380 e. The van der Waals surface area contributed by atoms with E-state index in [1.807, 2.05) is 6.07 Å². The molecule has 2 aromatic rings. The monoisotopic (exact) mass is 376 g/mol. The van der Waals surface area contributed by atoms with E-state index in [4.69, 9.17) is 14.1 Å². The van der Waals surface area contributed by atoms with E-state index in [-0.39, 0.29) is 5.75 Å². The Bertz CT molecular complexity index is 896. The third-order valence-electron chi connectivity index (χ3n) is 4.59. The molecule has 2 aromatic carbocycles. The fourth-order valence-corrected chi connectivity index (χ4v) is 3.69. The molecule has 0 spiro atoms. The molecule has 0 bridgehead atoms. The van der Waals surface area contributed by atoms with Crippen LogP contribution in [-0.4, -0.2) is 27.0 Å². The van der Waals surface area contributed by atoms with E-state index >= 15 is 0 Å². The van der Waals surface area contributed by atoms with Crippen LogP contribution >= 0.6 is 0 Å². The molecule has 1 aliphatic heterocycles. The van der Waals surface area contributed by atoms with E-state index in [9.17, 15) is 8.42 Å². The summed E-state index contributed by atoms with van der Waals surface area (Å²) in [5.74, 6) is 0.505. The molecule has 1 heterocycles. The van der Waals surface area contributed by atoms with Crippen LogP contribution in [0.15, 0.2) is 36.4 Å². The van der Waals surface area contributed by atoms with Gasteiger partial charge in [0, 0.05) is 19.6 Å². The third kappa shape index (κ3) is 4.55. The van der Waals surface area contributed by atoms with Crippen LogP contribution in [0.2, 0.25) is 0 Å². The summed E-state index contributed by atoms with van der Waals surface area (Å²) in [7, 11) is -2.60. The molecule has 2 N–H and O–H groups in total. The number of hydrogen-bond acceptors (Lipinski definition) is 5. The van der Waals surface area contributed by atoms with Gasteiger partial charge in [0.15, 0.2) is 11.5 Å². The number of benzene rings is 2. The van der Waals surface area contributed by atoms with E-state index in [0.717, 1.165) is 43.6 Å². The number of aryl methyl sites for hydroxylation is 1. The predicted molar refractivity (Wildman–Crippen MR) is 100 cm³/mol. The highest BCUT2D eigenvalue weighted by atomic mass is 32.2. The van der Waals surface area contributed by atoms with Crippen LogP contribution in [0, 0.1) is 0 Å². The van der Waals surface area contributed by atoms with E-state index in [1.165, 1.54) is 18.2 Å². The van der Waals surface area contributed by atoms with E-state index in [1.54, 1.807) is 6.07 Å². The summed E-state index contributed by atoms with van der Waals surface area (Å²) in [6.07, 6.45) is 1.84. The topological polar surface area (TPSA) is 81.9 Å². The maximum Gasteiger partial charge on any atom is 0.380 e. The summed E-state index contributed by atoms with van der Waals surface area (Å²) < 4.78 is 32.6. The standard InChI is InChI=1S/C19H24N2O4S/c1-3-14-5-4-6-15(9-14)12-21-8-7-16-10-19(25-26(20,22)23)18(24-2)11-17(16)13-21/h4-6,9-11H,3,7-8,12-13H2,1-2H3,(H2,20,22,23). The van der Waals surface area contributed by atoms with Gasteiger partial charge in [0.2, 0.25) is 0 Å². The summed E-state index contributed by atoms with van der Waals surface area (Å²) in [6, 6.07) is 12.2. The summed E-state index contributed by atoms with van der Waals surface area (Å²) in [6.45, 7) is 4.71. The van der Waals surface area contributed by atoms with Gasteiger partial charge < -0.3 is 8.92 Å². The van der Waals surface area contributed by atoms with Crippen molar-refractivity contribution in [2.75, 3.05) is 13.7 Å². The van der Waals surface area contributed by atoms with Gasteiger partial charge in [0.1, 0.15) is 0 Å². The normalized spacial score (nSPS) is 14.7. The number of ether oxygens (including phenoxy) is 1. The zero-order valence-corrected chi connectivity index (χ0v) is 15.9. The molecular formula is C19H24N2O4S. The van der Waals surface area contributed by atoms with E-state index in [2.05, 4.69) is 36.1 Å². The molecule has 0 aromatic heterocycles. The molecule has 1 aliphatic rings. The van der Waals surface area contributed by atoms with Crippen LogP contribution in [0.25, 0.3) is 0 Å². The highest BCUT2D eigenvalue weighted by Crippen LogP contribution is 2.34. The number of nitrogens with two attached hydrogens (primary N) is 1. The average molecular weight is 376 g/mol. The van der Waals surface area contributed by atoms with Gasteiger partial charge in [-0.25, -0.2) is 0 Å². The Balaban J connectivity index is 1.79. The Morgan fingerprint density at radius 3 is 2.54 bits per heavy atom. The first kappa shape index (κ1) is 18.7. The first-order valence-corrected chi connectivity index (χ1v) is 10.1. The minimum atomic E-state index is -4.08. The molecular weight excluding hydrogens is 352 g/mol. The molecule has 26 heavy (non-hydrogen) atoms. The minimum absolute atomic E-state index is 0.137. The Morgan fingerprint density at radius 2 is 1.85 bits per heavy atom. The van der Waals surface area contributed by atoms with E-state index < -0.39 is 10.3 Å². The van der Waals surface area contributed by atoms with Crippen LogP contribution in [0.3, 0.4) is 0 Å². The molecule has 0 unspecified atom stereocenters. The van der Waals surface area contributed by atoms with Crippen molar-refractivity contribution in [1.82, 2.24) is 4.90 Å². The summed E-state index contributed by atoms with van der Waals surface area (Å²) in [5, 5.41) is 4.98. The molecule has 140 valence electrons. The molecule has 7 heteroatoms. The summed E-state index contributed by atoms with van der Waals surface area (Å²) in [5.41, 5.74) is 4.81. The number of rotatable bonds is 6. The lowest BCUT2D eigenvalue weighted by Gasteiger charge is -2.29. The van der Waals surface area contributed by atoms with Crippen molar-refractivity contribution in [2.24, 2.45) is 5.14 Å². The SMILES string of the molecule is CCc1cccc(CN2CCc3cc(OS(N)(=O)=O)c(OC)cc3C2)c1. The van der Waals surface area contributed by atoms with Crippen LogP contribution in [0.1, 0.15) is 29.2 Å². The number of fused-ring (bicyclic) bond motifs is 1. The highest BCUT2D eigenvalue weighted by Gasteiger charge is 2.21. The second-order valence-corrected chi connectivity index (χ2v) is 7.63. The third-order valence-corrected chi connectivity index (χ3v) is 5.00. The molecule has 0 saturated carbocycles. The molecule has 0 saturated heterocycles. The Labute approximate surface area is 154 Å². The first-order valence-electron chi connectivity index (χ1n) is 8.60. The zero-order valence-electron chi connectivity index (χ0n) is 15.1. The van der Waals surface area contributed by atoms with E-state index in [0.29, 0.717) is 5.75 Å². The fraction of sp³-hybridized carbons (Fsp3) is 0.368. The fourth-order valence-electron chi connectivity index (χ4n) is 3.31. The van der Waals surface area contributed by atoms with Gasteiger partial charge in [0.25, 0.3) is 0 Å². The maximum absolute atomic E-state index is 11.2. The first-order chi connectivity index (χ1) is 12.4. The van der Waals surface area contributed by atoms with Crippen molar-refractivity contribution in [3.8, 4) is 11.5 Å². The predicted octanol–water partition coefficient (Wildman–Crippen LogP) is 2.40. The van der Waals surface area contributed by atoms with Gasteiger partial charge in [-0.05, 0) is 47.2 Å². The van der Waals surface area contributed by atoms with Crippen molar-refractivity contribution in [3.05, 3.63) is 58.7 Å². The molecule has 3 rings (SSSR count). The van der Waals surface area contributed by atoms with Crippen molar-refractivity contribution in [3.63, 3.8) is 0 Å². The van der Waals surface area contributed by atoms with Crippen molar-refractivity contribution < 1.29 is 17.3 Å². The second-order valence-electron chi connectivity index (χ2n) is 6.48. The average Bonchev–Trinajstić information content (AvgIpc) is 2.60. The van der Waals surface area contributed by atoms with Crippen molar-refractivity contribution in [1.29, 1.82) is 0 Å². The molecule has 0 aliphatic carbocycles. The molecule has 0 radical (unpaired) electrons. The van der Waals surface area contributed by atoms with Gasteiger partial charge in [-0.2, -0.15) is 13.6 Å². The van der Waals surface area contributed by atoms with Gasteiger partial charge in [0.05, 0.1) is 7.11 Å². The lowest BCUT2D eigenvalue weighted by atomic mass is 9.98. The number of methoxy groups -OCH3 is 1. The Kier molecular flexibility index (Phi) is 5.50.